The Kier molecular flexibility index (Phi) is 6.45. The molecule has 3 rings (SSSR count). The molecule has 0 atom stereocenters. The number of nitrogens with one attached hydrogen (secondary N) is 1. The van der Waals surface area contributed by atoms with Crippen molar-refractivity contribution in [1.82, 2.24) is 19.6 Å². The van der Waals surface area contributed by atoms with Crippen molar-refractivity contribution in [2.45, 2.75) is 51.9 Å². The van der Waals surface area contributed by atoms with Crippen LogP contribution < -0.4 is 10.9 Å². The summed E-state index contributed by atoms with van der Waals surface area (Å²) in [6.45, 7) is 2.21. The van der Waals surface area contributed by atoms with Crippen molar-refractivity contribution in [2.24, 2.45) is 0 Å². The number of aromatic nitrogens is 4. The Morgan fingerprint density at radius 3 is 2.85 bits per heavy atom. The molecule has 9 heteroatoms. The van der Waals surface area contributed by atoms with Gasteiger partial charge in [0.15, 0.2) is 4.96 Å². The first kappa shape index (κ1) is 18.7. The number of anilines is 1. The highest BCUT2D eigenvalue weighted by Crippen LogP contribution is 2.18. The van der Waals surface area contributed by atoms with Crippen molar-refractivity contribution < 1.29 is 4.79 Å². The number of hydrogen-bond donors (Lipinski definition) is 1. The molecule has 0 bridgehead atoms. The third-order valence-corrected chi connectivity index (χ3v) is 5.69. The number of thiazole rings is 1. The molecule has 0 unspecified atom stereocenters. The Morgan fingerprint density at radius 2 is 2.00 bits per heavy atom. The largest absolute Gasteiger partial charge is 0.296 e. The van der Waals surface area contributed by atoms with E-state index >= 15 is 0 Å². The lowest BCUT2D eigenvalue weighted by atomic mass is 10.1. The van der Waals surface area contributed by atoms with E-state index in [1.54, 1.807) is 11.6 Å². The molecule has 0 aliphatic heterocycles. The Hall–Kier alpha value is -2.13. The van der Waals surface area contributed by atoms with Gasteiger partial charge in [0.2, 0.25) is 5.13 Å². The molecule has 0 saturated carbocycles. The number of carbonyl (C=O) groups excluding carboxylic acids is 1. The molecular formula is C17H21N5O2S2. The Balaban J connectivity index is 1.55. The highest BCUT2D eigenvalue weighted by atomic mass is 32.1. The topological polar surface area (TPSA) is 89.2 Å². The van der Waals surface area contributed by atoms with E-state index in [0.717, 1.165) is 17.8 Å². The molecule has 7 nitrogen and oxygen atoms in total. The molecule has 0 aromatic carbocycles. The van der Waals surface area contributed by atoms with Crippen LogP contribution in [0.5, 0.6) is 0 Å². The van der Waals surface area contributed by atoms with Gasteiger partial charge in [0.1, 0.15) is 10.6 Å². The zero-order valence-corrected chi connectivity index (χ0v) is 16.2. The summed E-state index contributed by atoms with van der Waals surface area (Å²) >= 11 is 2.70. The number of nitrogens with zero attached hydrogens (tertiary/aromatic N) is 4. The zero-order chi connectivity index (χ0) is 18.4. The van der Waals surface area contributed by atoms with Crippen molar-refractivity contribution in [1.29, 1.82) is 0 Å². The van der Waals surface area contributed by atoms with E-state index in [9.17, 15) is 9.59 Å². The van der Waals surface area contributed by atoms with Crippen LogP contribution in [0.1, 0.15) is 60.8 Å². The second kappa shape index (κ2) is 9.00. The molecule has 0 aliphatic carbocycles. The van der Waals surface area contributed by atoms with Crippen molar-refractivity contribution in [3.63, 3.8) is 0 Å². The maximum atomic E-state index is 12.3. The monoisotopic (exact) mass is 391 g/mol. The average Bonchev–Trinajstić information content (AvgIpc) is 3.28. The summed E-state index contributed by atoms with van der Waals surface area (Å²) in [6, 6.07) is 0. The van der Waals surface area contributed by atoms with Gasteiger partial charge in [-0.05, 0) is 6.42 Å². The van der Waals surface area contributed by atoms with Crippen LogP contribution >= 0.6 is 22.7 Å². The number of carbonyl (C=O) groups is 1. The third kappa shape index (κ3) is 4.53. The van der Waals surface area contributed by atoms with Gasteiger partial charge in [-0.15, -0.1) is 21.5 Å². The van der Waals surface area contributed by atoms with Crippen molar-refractivity contribution >= 4 is 38.7 Å². The van der Waals surface area contributed by atoms with Gasteiger partial charge < -0.3 is 0 Å². The zero-order valence-electron chi connectivity index (χ0n) is 14.6. The SMILES string of the molecule is CCCCCCCCc1nnc(NC(=O)c2cnc3sccn3c2=O)s1. The lowest BCUT2D eigenvalue weighted by Crippen LogP contribution is -2.25. The fourth-order valence-corrected chi connectivity index (χ4v) is 4.06. The summed E-state index contributed by atoms with van der Waals surface area (Å²) in [6.07, 6.45) is 11.1. The number of unbranched alkanes of at least 4 members (excludes halogenated alkanes) is 5. The standard InChI is InChI=1S/C17H21N5O2S2/c1-2-3-4-5-6-7-8-13-20-21-16(26-13)19-14(23)12-11-18-17-22(15(12)24)9-10-25-17/h9-11H,2-8H2,1H3,(H,19,21,23). The second-order valence-electron chi connectivity index (χ2n) is 6.01. The fourth-order valence-electron chi connectivity index (χ4n) is 2.61. The van der Waals surface area contributed by atoms with Crippen LogP contribution in [-0.4, -0.2) is 25.5 Å². The van der Waals surface area contributed by atoms with Crippen LogP contribution in [0.25, 0.3) is 4.96 Å². The molecule has 26 heavy (non-hydrogen) atoms. The molecule has 0 fully saturated rings. The average molecular weight is 392 g/mol. The third-order valence-electron chi connectivity index (χ3n) is 4.02. The number of hydrogen-bond acceptors (Lipinski definition) is 7. The molecule has 138 valence electrons. The van der Waals surface area contributed by atoms with E-state index in [1.165, 1.54) is 65.4 Å². The Morgan fingerprint density at radius 1 is 1.19 bits per heavy atom. The van der Waals surface area contributed by atoms with Crippen LogP contribution in [0, 0.1) is 0 Å². The van der Waals surface area contributed by atoms with Crippen LogP contribution in [0.4, 0.5) is 5.13 Å². The minimum absolute atomic E-state index is 0.00595. The van der Waals surface area contributed by atoms with Crippen LogP contribution in [0.2, 0.25) is 0 Å². The highest BCUT2D eigenvalue weighted by Gasteiger charge is 2.16. The molecule has 3 aromatic rings. The predicted octanol–water partition coefficient (Wildman–Crippen LogP) is 3.76. The molecule has 0 aliphatic rings. The number of amides is 1. The van der Waals surface area contributed by atoms with Gasteiger partial charge in [0.25, 0.3) is 11.5 Å². The minimum Gasteiger partial charge on any atom is -0.296 e. The number of fused-ring (bicyclic) bond motifs is 1. The van der Waals surface area contributed by atoms with Gasteiger partial charge >= 0.3 is 0 Å². The lowest BCUT2D eigenvalue weighted by Gasteiger charge is -2.00. The summed E-state index contributed by atoms with van der Waals surface area (Å²) in [5.41, 5.74) is -0.390. The van der Waals surface area contributed by atoms with Gasteiger partial charge in [0.05, 0.1) is 0 Å². The summed E-state index contributed by atoms with van der Waals surface area (Å²) in [4.78, 5) is 29.3. The first-order valence-electron chi connectivity index (χ1n) is 8.77. The smallest absolute Gasteiger partial charge is 0.271 e. The van der Waals surface area contributed by atoms with E-state index in [1.807, 2.05) is 0 Å². The van der Waals surface area contributed by atoms with Crippen molar-refractivity contribution in [3.8, 4) is 0 Å². The van der Waals surface area contributed by atoms with Gasteiger partial charge in [-0.3, -0.25) is 19.3 Å². The maximum absolute atomic E-state index is 12.3. The van der Waals surface area contributed by atoms with Gasteiger partial charge in [0, 0.05) is 24.2 Å². The molecule has 1 N–H and O–H groups in total. The molecule has 1 amide bonds. The first-order valence-corrected chi connectivity index (χ1v) is 10.5. The molecule has 0 radical (unpaired) electrons. The molecule has 3 aromatic heterocycles. The first-order chi connectivity index (χ1) is 12.7. The Labute approximate surface area is 159 Å². The summed E-state index contributed by atoms with van der Waals surface area (Å²) in [7, 11) is 0. The van der Waals surface area contributed by atoms with Crippen LogP contribution in [0.15, 0.2) is 22.6 Å². The summed E-state index contributed by atoms with van der Waals surface area (Å²) < 4.78 is 1.36. The van der Waals surface area contributed by atoms with E-state index in [4.69, 9.17) is 0 Å². The number of aryl methyl sites for hydroxylation is 1. The van der Waals surface area contributed by atoms with E-state index in [2.05, 4.69) is 27.4 Å². The van der Waals surface area contributed by atoms with Crippen LogP contribution in [0.3, 0.4) is 0 Å². The molecular weight excluding hydrogens is 370 g/mol. The van der Waals surface area contributed by atoms with Crippen LogP contribution in [-0.2, 0) is 6.42 Å². The molecule has 3 heterocycles. The van der Waals surface area contributed by atoms with E-state index in [-0.39, 0.29) is 11.1 Å². The van der Waals surface area contributed by atoms with Gasteiger partial charge in [-0.25, -0.2) is 4.98 Å². The molecule has 0 saturated heterocycles. The quantitative estimate of drug-likeness (QED) is 0.561. The van der Waals surface area contributed by atoms with Crippen molar-refractivity contribution in [3.05, 3.63) is 38.7 Å². The summed E-state index contributed by atoms with van der Waals surface area (Å²) in [5, 5.41) is 13.8. The summed E-state index contributed by atoms with van der Waals surface area (Å²) in [5.74, 6) is -0.509. The van der Waals surface area contributed by atoms with Crippen molar-refractivity contribution in [2.75, 3.05) is 5.32 Å². The van der Waals surface area contributed by atoms with E-state index < -0.39 is 5.91 Å². The lowest BCUT2D eigenvalue weighted by molar-refractivity contribution is 0.102. The number of rotatable bonds is 9. The molecule has 0 spiro atoms. The normalized spacial score (nSPS) is 11.1. The second-order valence-corrected chi connectivity index (χ2v) is 7.94. The van der Waals surface area contributed by atoms with Gasteiger partial charge in [-0.2, -0.15) is 0 Å². The van der Waals surface area contributed by atoms with Gasteiger partial charge in [-0.1, -0.05) is 50.4 Å². The Bertz CT molecular complexity index is 931. The van der Waals surface area contributed by atoms with E-state index in [0.29, 0.717) is 10.1 Å². The highest BCUT2D eigenvalue weighted by molar-refractivity contribution is 7.15. The maximum Gasteiger partial charge on any atom is 0.271 e. The fraction of sp³-hybridized carbons (Fsp3) is 0.471. The minimum atomic E-state index is -0.509. The predicted molar refractivity (Wildman–Crippen MR) is 104 cm³/mol.